The van der Waals surface area contributed by atoms with Gasteiger partial charge in [0.2, 0.25) is 0 Å². The molecular weight excluding hydrogens is 253 g/mol. The predicted molar refractivity (Wildman–Crippen MR) is 73.5 cm³/mol. The molecule has 0 radical (unpaired) electrons. The van der Waals surface area contributed by atoms with Crippen LogP contribution in [0, 0.1) is 5.82 Å². The second kappa shape index (κ2) is 7.39. The molecule has 0 saturated heterocycles. The quantitative estimate of drug-likeness (QED) is 0.849. The minimum Gasteiger partial charge on any atom is -0.486 e. The first kappa shape index (κ1) is 15.0. The van der Waals surface area contributed by atoms with Gasteiger partial charge in [0.15, 0.2) is 11.6 Å². The fourth-order valence-corrected chi connectivity index (χ4v) is 1.38. The van der Waals surface area contributed by atoms with E-state index in [4.69, 9.17) is 16.3 Å². The molecule has 0 amide bonds. The van der Waals surface area contributed by atoms with E-state index in [1.807, 2.05) is 13.0 Å². The van der Waals surface area contributed by atoms with Crippen molar-refractivity contribution in [2.75, 3.05) is 6.61 Å². The van der Waals surface area contributed by atoms with Crippen LogP contribution in [-0.4, -0.2) is 12.6 Å². The molecule has 1 N–H and O–H groups in total. The van der Waals surface area contributed by atoms with Crippen molar-refractivity contribution in [2.45, 2.75) is 33.4 Å². The van der Waals surface area contributed by atoms with Crippen LogP contribution in [0.4, 0.5) is 4.39 Å². The molecule has 100 valence electrons. The number of hydrogen-bond donors (Lipinski definition) is 1. The Morgan fingerprint density at radius 2 is 2.22 bits per heavy atom. The molecule has 18 heavy (non-hydrogen) atoms. The summed E-state index contributed by atoms with van der Waals surface area (Å²) in [5, 5.41) is 3.23. The van der Waals surface area contributed by atoms with E-state index in [9.17, 15) is 4.39 Å². The monoisotopic (exact) mass is 271 g/mol. The Labute approximate surface area is 113 Å². The molecular formula is C14H19ClFNO. The number of halogens is 2. The van der Waals surface area contributed by atoms with Gasteiger partial charge in [-0.1, -0.05) is 31.5 Å². The zero-order valence-corrected chi connectivity index (χ0v) is 11.7. The molecule has 0 unspecified atom stereocenters. The molecule has 0 aromatic heterocycles. The zero-order chi connectivity index (χ0) is 13.5. The Morgan fingerprint density at radius 1 is 1.50 bits per heavy atom. The van der Waals surface area contributed by atoms with Gasteiger partial charge >= 0.3 is 0 Å². The lowest BCUT2D eigenvalue weighted by Gasteiger charge is -2.10. The molecule has 1 aromatic rings. The third kappa shape index (κ3) is 5.07. The van der Waals surface area contributed by atoms with Crippen LogP contribution in [0.2, 0.25) is 0 Å². The molecule has 0 aliphatic heterocycles. The Bertz CT molecular complexity index is 418. The van der Waals surface area contributed by atoms with E-state index in [1.54, 1.807) is 6.07 Å². The molecule has 2 nitrogen and oxygen atoms in total. The fraction of sp³-hybridized carbons (Fsp3) is 0.429. The molecule has 0 fully saturated rings. The summed E-state index contributed by atoms with van der Waals surface area (Å²) in [6.07, 6.45) is 0. The maximum atomic E-state index is 13.7. The summed E-state index contributed by atoms with van der Waals surface area (Å²) in [6, 6.07) is 5.37. The van der Waals surface area contributed by atoms with Gasteiger partial charge in [0.1, 0.15) is 6.61 Å². The third-order valence-electron chi connectivity index (χ3n) is 2.35. The van der Waals surface area contributed by atoms with E-state index >= 15 is 0 Å². The number of rotatable bonds is 6. The number of ether oxygens (including phenoxy) is 1. The molecule has 0 aliphatic rings. The van der Waals surface area contributed by atoms with E-state index < -0.39 is 0 Å². The van der Waals surface area contributed by atoms with Crippen molar-refractivity contribution in [2.24, 2.45) is 0 Å². The Hall–Kier alpha value is -1.06. The van der Waals surface area contributed by atoms with Crippen molar-refractivity contribution in [1.82, 2.24) is 5.32 Å². The topological polar surface area (TPSA) is 21.3 Å². The molecule has 1 rings (SSSR count). The summed E-state index contributed by atoms with van der Waals surface area (Å²) >= 11 is 5.51. The van der Waals surface area contributed by atoms with Gasteiger partial charge in [0.25, 0.3) is 0 Å². The molecule has 0 heterocycles. The lowest BCUT2D eigenvalue weighted by atomic mass is 10.2. The van der Waals surface area contributed by atoms with Crippen LogP contribution >= 0.6 is 11.6 Å². The van der Waals surface area contributed by atoms with Crippen LogP contribution in [0.3, 0.4) is 0 Å². The first-order valence-electron chi connectivity index (χ1n) is 5.93. The third-order valence-corrected chi connectivity index (χ3v) is 2.72. The maximum absolute atomic E-state index is 13.7. The van der Waals surface area contributed by atoms with Gasteiger partial charge in [-0.2, -0.15) is 0 Å². The van der Waals surface area contributed by atoms with E-state index in [2.05, 4.69) is 19.2 Å². The van der Waals surface area contributed by atoms with Gasteiger partial charge < -0.3 is 10.1 Å². The van der Waals surface area contributed by atoms with Crippen LogP contribution in [0.15, 0.2) is 29.3 Å². The SMILES string of the molecule is C/C(=C\Cl)COc1ccc(CNC(C)C)cc1F. The summed E-state index contributed by atoms with van der Waals surface area (Å²) < 4.78 is 19.0. The van der Waals surface area contributed by atoms with E-state index in [0.717, 1.165) is 11.1 Å². The van der Waals surface area contributed by atoms with Gasteiger partial charge in [0.05, 0.1) is 0 Å². The van der Waals surface area contributed by atoms with E-state index in [-0.39, 0.29) is 11.6 Å². The molecule has 0 atom stereocenters. The van der Waals surface area contributed by atoms with Crippen molar-refractivity contribution in [1.29, 1.82) is 0 Å². The minimum absolute atomic E-state index is 0.251. The molecule has 0 saturated carbocycles. The second-order valence-corrected chi connectivity index (χ2v) is 4.76. The van der Waals surface area contributed by atoms with Gasteiger partial charge in [-0.25, -0.2) is 4.39 Å². The summed E-state index contributed by atoms with van der Waals surface area (Å²) in [4.78, 5) is 0. The van der Waals surface area contributed by atoms with Gasteiger partial charge in [0, 0.05) is 18.1 Å². The van der Waals surface area contributed by atoms with E-state index in [1.165, 1.54) is 11.6 Å². The molecule has 0 spiro atoms. The standard InChI is InChI=1S/C14H19ClFNO/c1-10(2)17-8-12-4-5-14(13(16)6-12)18-9-11(3)7-15/h4-7,10,17H,8-9H2,1-3H3/b11-7+. The van der Waals surface area contributed by atoms with Crippen LogP contribution in [0.5, 0.6) is 5.75 Å². The summed E-state index contributed by atoms with van der Waals surface area (Å²) in [5.41, 5.74) is 3.18. The molecule has 4 heteroatoms. The average Bonchev–Trinajstić information content (AvgIpc) is 2.34. The van der Waals surface area contributed by atoms with Crippen LogP contribution in [0.25, 0.3) is 0 Å². The lowest BCUT2D eigenvalue weighted by Crippen LogP contribution is -2.21. The number of hydrogen-bond acceptors (Lipinski definition) is 2. The Balaban J connectivity index is 2.62. The van der Waals surface area contributed by atoms with E-state index in [0.29, 0.717) is 19.2 Å². The summed E-state index contributed by atoms with van der Waals surface area (Å²) in [7, 11) is 0. The lowest BCUT2D eigenvalue weighted by molar-refractivity contribution is 0.332. The number of benzene rings is 1. The highest BCUT2D eigenvalue weighted by Gasteiger charge is 2.05. The molecule has 1 aromatic carbocycles. The van der Waals surface area contributed by atoms with Crippen molar-refractivity contribution < 1.29 is 9.13 Å². The Kier molecular flexibility index (Phi) is 6.16. The zero-order valence-electron chi connectivity index (χ0n) is 11.0. The predicted octanol–water partition coefficient (Wildman–Crippen LogP) is 3.85. The fourth-order valence-electron chi connectivity index (χ4n) is 1.32. The first-order chi connectivity index (χ1) is 8.52. The normalized spacial score (nSPS) is 12.0. The van der Waals surface area contributed by atoms with Crippen LogP contribution < -0.4 is 10.1 Å². The van der Waals surface area contributed by atoms with Crippen molar-refractivity contribution in [3.63, 3.8) is 0 Å². The van der Waals surface area contributed by atoms with Gasteiger partial charge in [-0.15, -0.1) is 0 Å². The minimum atomic E-state index is -0.347. The second-order valence-electron chi connectivity index (χ2n) is 4.54. The maximum Gasteiger partial charge on any atom is 0.165 e. The van der Waals surface area contributed by atoms with Crippen molar-refractivity contribution >= 4 is 11.6 Å². The van der Waals surface area contributed by atoms with Gasteiger partial charge in [-0.3, -0.25) is 0 Å². The van der Waals surface area contributed by atoms with Crippen LogP contribution in [-0.2, 0) is 6.54 Å². The first-order valence-corrected chi connectivity index (χ1v) is 6.37. The summed E-state index contributed by atoms with van der Waals surface area (Å²) in [5.74, 6) is -0.0957. The number of nitrogens with one attached hydrogen (secondary N) is 1. The van der Waals surface area contributed by atoms with Gasteiger partial charge in [-0.05, 0) is 30.2 Å². The Morgan fingerprint density at radius 3 is 2.78 bits per heavy atom. The molecule has 0 aliphatic carbocycles. The highest BCUT2D eigenvalue weighted by Crippen LogP contribution is 2.19. The summed E-state index contributed by atoms with van der Waals surface area (Å²) in [6.45, 7) is 6.87. The van der Waals surface area contributed by atoms with Crippen molar-refractivity contribution in [3.05, 3.63) is 40.7 Å². The smallest absolute Gasteiger partial charge is 0.165 e. The molecule has 0 bridgehead atoms. The largest absolute Gasteiger partial charge is 0.486 e. The average molecular weight is 272 g/mol. The van der Waals surface area contributed by atoms with Crippen molar-refractivity contribution in [3.8, 4) is 5.75 Å². The highest BCUT2D eigenvalue weighted by molar-refractivity contribution is 6.25. The highest BCUT2D eigenvalue weighted by atomic mass is 35.5. The van der Waals surface area contributed by atoms with Crippen LogP contribution in [0.1, 0.15) is 26.3 Å².